The first-order chi connectivity index (χ1) is 9.71. The van der Waals surface area contributed by atoms with Crippen molar-refractivity contribution in [3.63, 3.8) is 0 Å². The van der Waals surface area contributed by atoms with Gasteiger partial charge in [0.05, 0.1) is 0 Å². The number of ether oxygens (including phenoxy) is 1. The molecule has 2 aromatic carbocycles. The molecule has 0 bridgehead atoms. The molecule has 1 aliphatic heterocycles. The largest absolute Gasteiger partial charge is 0.508 e. The predicted octanol–water partition coefficient (Wildman–Crippen LogP) is 4.25. The standard InChI is InChI=1S/C17H17BrO2/c18-15-5-1-13(2-6-15)17(9-11-20-12-10-17)14-3-7-16(19)8-4-14/h1-8,19H,9-12H2. The number of halogens is 1. The van der Waals surface area contributed by atoms with Gasteiger partial charge in [-0.25, -0.2) is 0 Å². The maximum Gasteiger partial charge on any atom is 0.115 e. The lowest BCUT2D eigenvalue weighted by atomic mass is 9.69. The lowest BCUT2D eigenvalue weighted by molar-refractivity contribution is 0.0631. The number of phenols is 1. The van der Waals surface area contributed by atoms with Crippen LogP contribution >= 0.6 is 15.9 Å². The third-order valence-electron chi connectivity index (χ3n) is 4.16. The highest BCUT2D eigenvalue weighted by Gasteiger charge is 2.36. The predicted molar refractivity (Wildman–Crippen MR) is 83.1 cm³/mol. The van der Waals surface area contributed by atoms with E-state index in [1.54, 1.807) is 12.1 Å². The molecule has 2 aromatic rings. The molecule has 1 fully saturated rings. The molecule has 1 N–H and O–H groups in total. The SMILES string of the molecule is Oc1ccc(C2(c3ccc(Br)cc3)CCOCC2)cc1. The van der Waals surface area contributed by atoms with E-state index in [1.165, 1.54) is 11.1 Å². The maximum atomic E-state index is 9.52. The third-order valence-corrected chi connectivity index (χ3v) is 4.69. The van der Waals surface area contributed by atoms with Crippen LogP contribution in [0.3, 0.4) is 0 Å². The van der Waals surface area contributed by atoms with E-state index in [0.29, 0.717) is 5.75 Å². The fourth-order valence-corrected chi connectivity index (χ4v) is 3.28. The van der Waals surface area contributed by atoms with Gasteiger partial charge in [-0.15, -0.1) is 0 Å². The van der Waals surface area contributed by atoms with Gasteiger partial charge in [0.1, 0.15) is 5.75 Å². The third kappa shape index (κ3) is 2.48. The summed E-state index contributed by atoms with van der Waals surface area (Å²) >= 11 is 3.50. The zero-order valence-electron chi connectivity index (χ0n) is 11.2. The van der Waals surface area contributed by atoms with Crippen molar-refractivity contribution in [1.29, 1.82) is 0 Å². The van der Waals surface area contributed by atoms with Crippen molar-refractivity contribution < 1.29 is 9.84 Å². The monoisotopic (exact) mass is 332 g/mol. The van der Waals surface area contributed by atoms with Crippen LogP contribution in [0.25, 0.3) is 0 Å². The number of hydrogen-bond acceptors (Lipinski definition) is 2. The normalized spacial score (nSPS) is 17.9. The van der Waals surface area contributed by atoms with Crippen LogP contribution in [-0.4, -0.2) is 18.3 Å². The van der Waals surface area contributed by atoms with Gasteiger partial charge >= 0.3 is 0 Å². The van der Waals surface area contributed by atoms with Gasteiger partial charge < -0.3 is 9.84 Å². The minimum Gasteiger partial charge on any atom is -0.508 e. The Balaban J connectivity index is 2.08. The van der Waals surface area contributed by atoms with Gasteiger partial charge in [0.2, 0.25) is 0 Å². The Kier molecular flexibility index (Phi) is 3.81. The highest BCUT2D eigenvalue weighted by Crippen LogP contribution is 2.41. The molecule has 3 rings (SSSR count). The summed E-state index contributed by atoms with van der Waals surface area (Å²) in [7, 11) is 0. The number of rotatable bonds is 2. The first-order valence-electron chi connectivity index (χ1n) is 6.84. The topological polar surface area (TPSA) is 29.5 Å². The van der Waals surface area contributed by atoms with Gasteiger partial charge in [-0.1, -0.05) is 40.2 Å². The summed E-state index contributed by atoms with van der Waals surface area (Å²) in [4.78, 5) is 0. The van der Waals surface area contributed by atoms with Gasteiger partial charge in [0.25, 0.3) is 0 Å². The number of hydrogen-bond donors (Lipinski definition) is 1. The van der Waals surface area contributed by atoms with E-state index in [0.717, 1.165) is 30.5 Å². The zero-order chi connectivity index (χ0) is 14.0. The Labute approximate surface area is 127 Å². The van der Waals surface area contributed by atoms with E-state index in [4.69, 9.17) is 4.74 Å². The number of phenolic OH excluding ortho intramolecular Hbond substituents is 1. The molecular weight excluding hydrogens is 316 g/mol. The van der Waals surface area contributed by atoms with Gasteiger partial charge in [-0.05, 0) is 48.2 Å². The highest BCUT2D eigenvalue weighted by molar-refractivity contribution is 9.10. The molecule has 2 nitrogen and oxygen atoms in total. The number of aromatic hydroxyl groups is 1. The molecule has 0 amide bonds. The summed E-state index contributed by atoms with van der Waals surface area (Å²) in [5.41, 5.74) is 2.56. The summed E-state index contributed by atoms with van der Waals surface area (Å²) in [6, 6.07) is 16.1. The quantitative estimate of drug-likeness (QED) is 0.890. The second kappa shape index (κ2) is 5.58. The van der Waals surface area contributed by atoms with Crippen molar-refractivity contribution in [2.75, 3.05) is 13.2 Å². The minimum atomic E-state index is -0.00729. The molecule has 1 aliphatic rings. The van der Waals surface area contributed by atoms with Crippen molar-refractivity contribution >= 4 is 15.9 Å². The van der Waals surface area contributed by atoms with E-state index >= 15 is 0 Å². The highest BCUT2D eigenvalue weighted by atomic mass is 79.9. The molecule has 0 atom stereocenters. The summed E-state index contributed by atoms with van der Waals surface area (Å²) in [5, 5.41) is 9.52. The summed E-state index contributed by atoms with van der Waals surface area (Å²) in [5.74, 6) is 0.312. The van der Waals surface area contributed by atoms with Crippen LogP contribution < -0.4 is 0 Å². The van der Waals surface area contributed by atoms with Gasteiger partial charge in [0.15, 0.2) is 0 Å². The Morgan fingerprint density at radius 3 is 1.90 bits per heavy atom. The second-order valence-electron chi connectivity index (χ2n) is 5.25. The van der Waals surface area contributed by atoms with Crippen LogP contribution in [-0.2, 0) is 10.2 Å². The molecule has 0 unspecified atom stereocenters. The van der Waals surface area contributed by atoms with Crippen LogP contribution in [0.15, 0.2) is 53.0 Å². The summed E-state index contributed by atoms with van der Waals surface area (Å²) in [6.45, 7) is 1.55. The van der Waals surface area contributed by atoms with Crippen molar-refractivity contribution in [1.82, 2.24) is 0 Å². The molecule has 0 aromatic heterocycles. The van der Waals surface area contributed by atoms with Gasteiger partial charge in [0, 0.05) is 23.1 Å². The molecular formula is C17H17BrO2. The molecule has 0 radical (unpaired) electrons. The van der Waals surface area contributed by atoms with E-state index in [1.807, 2.05) is 12.1 Å². The van der Waals surface area contributed by atoms with Crippen molar-refractivity contribution in [2.45, 2.75) is 18.3 Å². The summed E-state index contributed by atoms with van der Waals surface area (Å²) in [6.07, 6.45) is 1.94. The van der Waals surface area contributed by atoms with E-state index < -0.39 is 0 Å². The first kappa shape index (κ1) is 13.7. The molecule has 0 aliphatic carbocycles. The lowest BCUT2D eigenvalue weighted by Gasteiger charge is -2.38. The smallest absolute Gasteiger partial charge is 0.115 e. The molecule has 0 spiro atoms. The molecule has 3 heteroatoms. The van der Waals surface area contributed by atoms with Crippen LogP contribution in [0.1, 0.15) is 24.0 Å². The van der Waals surface area contributed by atoms with Gasteiger partial charge in [-0.2, -0.15) is 0 Å². The Hall–Kier alpha value is -1.32. The lowest BCUT2D eigenvalue weighted by Crippen LogP contribution is -2.34. The fraction of sp³-hybridized carbons (Fsp3) is 0.294. The van der Waals surface area contributed by atoms with Crippen LogP contribution in [0.4, 0.5) is 0 Å². The Morgan fingerprint density at radius 2 is 1.35 bits per heavy atom. The van der Waals surface area contributed by atoms with Crippen molar-refractivity contribution in [3.05, 3.63) is 64.1 Å². The number of benzene rings is 2. The Bertz CT molecular complexity index is 521. The first-order valence-corrected chi connectivity index (χ1v) is 7.63. The molecule has 1 heterocycles. The molecule has 104 valence electrons. The summed E-state index contributed by atoms with van der Waals surface area (Å²) < 4.78 is 6.65. The zero-order valence-corrected chi connectivity index (χ0v) is 12.8. The van der Waals surface area contributed by atoms with Crippen molar-refractivity contribution in [2.24, 2.45) is 0 Å². The average molecular weight is 333 g/mol. The van der Waals surface area contributed by atoms with Gasteiger partial charge in [-0.3, -0.25) is 0 Å². The van der Waals surface area contributed by atoms with Crippen LogP contribution in [0.5, 0.6) is 5.75 Å². The van der Waals surface area contributed by atoms with Crippen LogP contribution in [0.2, 0.25) is 0 Å². The molecule has 0 saturated carbocycles. The second-order valence-corrected chi connectivity index (χ2v) is 6.16. The fourth-order valence-electron chi connectivity index (χ4n) is 3.01. The average Bonchev–Trinajstić information content (AvgIpc) is 2.49. The van der Waals surface area contributed by atoms with Crippen LogP contribution in [0, 0.1) is 0 Å². The van der Waals surface area contributed by atoms with E-state index in [-0.39, 0.29) is 5.41 Å². The Morgan fingerprint density at radius 1 is 0.850 bits per heavy atom. The van der Waals surface area contributed by atoms with Crippen molar-refractivity contribution in [3.8, 4) is 5.75 Å². The molecule has 1 saturated heterocycles. The molecule has 20 heavy (non-hydrogen) atoms. The minimum absolute atomic E-state index is 0.00729. The van der Waals surface area contributed by atoms with E-state index in [9.17, 15) is 5.11 Å². The maximum absolute atomic E-state index is 9.52. The van der Waals surface area contributed by atoms with E-state index in [2.05, 4.69) is 40.2 Å².